The molecule has 3 heterocycles. The van der Waals surface area contributed by atoms with Crippen molar-refractivity contribution in [3.63, 3.8) is 0 Å². The molecule has 0 amide bonds. The van der Waals surface area contributed by atoms with Crippen molar-refractivity contribution in [2.24, 2.45) is 4.99 Å². The Morgan fingerprint density at radius 3 is 2.70 bits per heavy atom. The average molecular weight is 426 g/mol. The van der Waals surface area contributed by atoms with E-state index in [1.807, 2.05) is 0 Å². The van der Waals surface area contributed by atoms with Gasteiger partial charge in [0.15, 0.2) is 6.29 Å². The van der Waals surface area contributed by atoms with Gasteiger partial charge in [0.1, 0.15) is 11.9 Å². The maximum atomic E-state index is 13.5. The molecule has 0 spiro atoms. The van der Waals surface area contributed by atoms with Gasteiger partial charge in [-0.2, -0.15) is 13.2 Å². The number of alkyl halides is 5. The van der Waals surface area contributed by atoms with E-state index < -0.39 is 30.6 Å². The van der Waals surface area contributed by atoms with Crippen molar-refractivity contribution < 1.29 is 26.7 Å². The van der Waals surface area contributed by atoms with E-state index in [4.69, 9.17) is 4.74 Å². The number of aromatic nitrogens is 1. The molecule has 30 heavy (non-hydrogen) atoms. The normalized spacial score (nSPS) is 22.4. The van der Waals surface area contributed by atoms with Crippen LogP contribution in [0.25, 0.3) is 0 Å². The van der Waals surface area contributed by atoms with Crippen LogP contribution in [0.4, 0.5) is 27.8 Å². The van der Waals surface area contributed by atoms with Gasteiger partial charge in [-0.25, -0.2) is 13.8 Å². The third-order valence-electron chi connectivity index (χ3n) is 5.11. The van der Waals surface area contributed by atoms with Crippen LogP contribution in [0, 0.1) is 0 Å². The molecule has 1 fully saturated rings. The van der Waals surface area contributed by atoms with Crippen LogP contribution in [0.3, 0.4) is 0 Å². The summed E-state index contributed by atoms with van der Waals surface area (Å²) in [5, 5.41) is 0. The Morgan fingerprint density at radius 1 is 1.13 bits per heavy atom. The second-order valence-electron chi connectivity index (χ2n) is 7.06. The van der Waals surface area contributed by atoms with E-state index in [0.717, 1.165) is 6.07 Å². The second kappa shape index (κ2) is 8.27. The van der Waals surface area contributed by atoms with Gasteiger partial charge < -0.3 is 9.64 Å². The first-order valence-electron chi connectivity index (χ1n) is 9.38. The van der Waals surface area contributed by atoms with E-state index in [1.165, 1.54) is 18.2 Å². The van der Waals surface area contributed by atoms with Gasteiger partial charge in [-0.15, -0.1) is 0 Å². The highest BCUT2D eigenvalue weighted by Crippen LogP contribution is 2.35. The van der Waals surface area contributed by atoms with Gasteiger partial charge in [-0.1, -0.05) is 18.2 Å². The molecule has 10 heteroatoms. The number of hydrogen-bond donors (Lipinski definition) is 0. The first-order chi connectivity index (χ1) is 14.3. The summed E-state index contributed by atoms with van der Waals surface area (Å²) < 4.78 is 72.0. The molecule has 1 saturated heterocycles. The molecule has 2 aliphatic heterocycles. The molecule has 160 valence electrons. The smallest absolute Gasteiger partial charge is 0.370 e. The lowest BCUT2D eigenvalue weighted by Crippen LogP contribution is -2.56. The fourth-order valence-electron chi connectivity index (χ4n) is 3.71. The summed E-state index contributed by atoms with van der Waals surface area (Å²) in [6, 6.07) is 8.76. The molecule has 4 rings (SSSR count). The molecule has 0 radical (unpaired) electrons. The van der Waals surface area contributed by atoms with E-state index in [9.17, 15) is 22.0 Å². The topological polar surface area (TPSA) is 41.0 Å². The van der Waals surface area contributed by atoms with Crippen molar-refractivity contribution in [2.75, 3.05) is 24.6 Å². The molecule has 2 unspecified atom stereocenters. The first-order valence-corrected chi connectivity index (χ1v) is 9.38. The Labute approximate surface area is 169 Å². The van der Waals surface area contributed by atoms with Crippen LogP contribution < -0.4 is 4.90 Å². The van der Waals surface area contributed by atoms with Crippen molar-refractivity contribution >= 4 is 12.0 Å². The lowest BCUT2D eigenvalue weighted by molar-refractivity contribution is -0.138. The minimum Gasteiger partial charge on any atom is -0.370 e. The molecular formula is C20H19F5N4O. The van der Waals surface area contributed by atoms with Crippen LogP contribution in [0.1, 0.15) is 16.7 Å². The van der Waals surface area contributed by atoms with E-state index >= 15 is 0 Å². The number of hydrogen-bond acceptors (Lipinski definition) is 5. The summed E-state index contributed by atoms with van der Waals surface area (Å²) in [4.78, 5) is 12.1. The number of nitrogens with zero attached hydrogens (tertiary/aromatic N) is 4. The van der Waals surface area contributed by atoms with Crippen molar-refractivity contribution in [3.05, 3.63) is 59.3 Å². The van der Waals surface area contributed by atoms with E-state index in [1.54, 1.807) is 34.3 Å². The zero-order chi connectivity index (χ0) is 21.3. The molecule has 2 atom stereocenters. The third-order valence-corrected chi connectivity index (χ3v) is 5.11. The number of ether oxygens (including phenoxy) is 1. The fraction of sp³-hybridized carbons (Fsp3) is 0.400. The lowest BCUT2D eigenvalue weighted by Gasteiger charge is -2.43. The van der Waals surface area contributed by atoms with Crippen LogP contribution in [-0.2, 0) is 17.5 Å². The second-order valence-corrected chi connectivity index (χ2v) is 7.06. The molecular weight excluding hydrogens is 407 g/mol. The minimum absolute atomic E-state index is 0.0578. The number of fused-ring (bicyclic) bond motifs is 1. The number of rotatable bonds is 4. The number of halogens is 5. The van der Waals surface area contributed by atoms with Crippen LogP contribution in [-0.4, -0.2) is 54.6 Å². The molecule has 2 aliphatic rings. The number of morpholine rings is 1. The summed E-state index contributed by atoms with van der Waals surface area (Å²) in [6.07, 6.45) is -6.10. The molecule has 1 aromatic carbocycles. The molecule has 2 aromatic rings. The van der Waals surface area contributed by atoms with Crippen molar-refractivity contribution in [1.82, 2.24) is 9.88 Å². The van der Waals surface area contributed by atoms with Crippen molar-refractivity contribution in [3.8, 4) is 0 Å². The Balaban J connectivity index is 1.70. The summed E-state index contributed by atoms with van der Waals surface area (Å²) in [6.45, 7) is 0.200. The molecule has 0 N–H and O–H groups in total. The predicted molar refractivity (Wildman–Crippen MR) is 101 cm³/mol. The Kier molecular flexibility index (Phi) is 5.70. The van der Waals surface area contributed by atoms with Gasteiger partial charge in [0.2, 0.25) is 0 Å². The van der Waals surface area contributed by atoms with Crippen LogP contribution in [0.2, 0.25) is 0 Å². The fourth-order valence-corrected chi connectivity index (χ4v) is 3.71. The summed E-state index contributed by atoms with van der Waals surface area (Å²) in [5.74, 6) is 0.453. The van der Waals surface area contributed by atoms with Crippen molar-refractivity contribution in [2.45, 2.75) is 31.5 Å². The van der Waals surface area contributed by atoms with Gasteiger partial charge in [0, 0.05) is 37.6 Å². The van der Waals surface area contributed by atoms with Gasteiger partial charge in [-0.3, -0.25) is 9.89 Å². The summed E-state index contributed by atoms with van der Waals surface area (Å²) in [7, 11) is 0. The standard InChI is InChI=1S/C20H19F5N4O/c21-17(22)16-12-28(8-9-30-16)19-27-10-13-5-3-7-26-18(13)29(19)11-14-4-1-2-6-15(14)20(23,24)25/h1-7,10,16-17,19H,8-9,11-12H2. The van der Waals surface area contributed by atoms with E-state index in [0.29, 0.717) is 17.9 Å². The van der Waals surface area contributed by atoms with E-state index in [-0.39, 0.29) is 25.3 Å². The van der Waals surface area contributed by atoms with Crippen molar-refractivity contribution in [1.29, 1.82) is 0 Å². The Morgan fingerprint density at radius 2 is 1.93 bits per heavy atom. The molecule has 0 saturated carbocycles. The zero-order valence-electron chi connectivity index (χ0n) is 15.8. The lowest BCUT2D eigenvalue weighted by atomic mass is 10.1. The highest BCUT2D eigenvalue weighted by Gasteiger charge is 2.38. The largest absolute Gasteiger partial charge is 0.416 e. The highest BCUT2D eigenvalue weighted by molar-refractivity contribution is 5.88. The maximum Gasteiger partial charge on any atom is 0.416 e. The number of aliphatic imine (C=N–C) groups is 1. The highest BCUT2D eigenvalue weighted by atomic mass is 19.4. The first kappa shape index (κ1) is 20.7. The molecule has 5 nitrogen and oxygen atoms in total. The minimum atomic E-state index is -4.52. The number of benzene rings is 1. The quantitative estimate of drug-likeness (QED) is 0.698. The number of anilines is 1. The molecule has 0 bridgehead atoms. The van der Waals surface area contributed by atoms with E-state index in [2.05, 4.69) is 9.98 Å². The van der Waals surface area contributed by atoms with Crippen LogP contribution in [0.5, 0.6) is 0 Å². The Hall–Kier alpha value is -2.59. The van der Waals surface area contributed by atoms with Crippen LogP contribution in [0.15, 0.2) is 47.6 Å². The zero-order valence-corrected chi connectivity index (χ0v) is 15.8. The SMILES string of the molecule is FC(F)C1CN(C2N=Cc3cccnc3N2Cc2ccccc2C(F)(F)F)CCO1. The molecule has 0 aliphatic carbocycles. The van der Waals surface area contributed by atoms with Gasteiger partial charge in [0.25, 0.3) is 6.43 Å². The average Bonchev–Trinajstić information content (AvgIpc) is 2.73. The Bertz CT molecular complexity index is 920. The van der Waals surface area contributed by atoms with Gasteiger partial charge in [-0.05, 0) is 23.8 Å². The summed E-state index contributed by atoms with van der Waals surface area (Å²) >= 11 is 0. The number of pyridine rings is 1. The maximum absolute atomic E-state index is 13.5. The third kappa shape index (κ3) is 4.15. The van der Waals surface area contributed by atoms with Crippen LogP contribution >= 0.6 is 0 Å². The summed E-state index contributed by atoms with van der Waals surface area (Å²) in [5.41, 5.74) is -0.0394. The van der Waals surface area contributed by atoms with Gasteiger partial charge >= 0.3 is 6.18 Å². The molecule has 1 aromatic heterocycles. The monoisotopic (exact) mass is 426 g/mol. The predicted octanol–water partition coefficient (Wildman–Crippen LogP) is 3.79. The van der Waals surface area contributed by atoms with Gasteiger partial charge in [0.05, 0.1) is 12.2 Å².